The number of methoxy groups -OCH3 is 1. The van der Waals surface area contributed by atoms with Gasteiger partial charge in [0.2, 0.25) is 0 Å². The van der Waals surface area contributed by atoms with Crippen LogP contribution >= 0.6 is 0 Å². The summed E-state index contributed by atoms with van der Waals surface area (Å²) in [6.45, 7) is 0. The van der Waals surface area contributed by atoms with Crippen molar-refractivity contribution < 1.29 is 9.53 Å². The first kappa shape index (κ1) is 20.5. The van der Waals surface area contributed by atoms with E-state index in [0.717, 1.165) is 39.2 Å². The predicted molar refractivity (Wildman–Crippen MR) is 128 cm³/mol. The fourth-order valence-corrected chi connectivity index (χ4v) is 4.37. The van der Waals surface area contributed by atoms with Crippen LogP contribution in [0.1, 0.15) is 22.5 Å². The minimum absolute atomic E-state index is 0.174. The summed E-state index contributed by atoms with van der Waals surface area (Å²) in [5, 5.41) is 14.3. The van der Waals surface area contributed by atoms with Crippen LogP contribution in [0.3, 0.4) is 0 Å². The van der Waals surface area contributed by atoms with E-state index in [2.05, 4.69) is 6.07 Å². The number of allylic oxidation sites excluding steroid dienone is 2. The number of hydrogen-bond donors (Lipinski definition) is 0. The van der Waals surface area contributed by atoms with Gasteiger partial charge in [0.25, 0.3) is 5.91 Å². The van der Waals surface area contributed by atoms with Crippen LogP contribution in [-0.2, 0) is 6.42 Å². The van der Waals surface area contributed by atoms with Gasteiger partial charge >= 0.3 is 0 Å². The summed E-state index contributed by atoms with van der Waals surface area (Å²) in [5.41, 5.74) is 6.54. The first-order valence-electron chi connectivity index (χ1n) is 10.7. The van der Waals surface area contributed by atoms with E-state index in [1.54, 1.807) is 7.11 Å². The normalized spacial score (nSPS) is 12.9. The Balaban J connectivity index is 1.72. The number of aromatic nitrogens is 2. The number of rotatable bonds is 5. The van der Waals surface area contributed by atoms with E-state index < -0.39 is 0 Å². The number of nitrogens with zero attached hydrogens (tertiary/aromatic N) is 3. The molecule has 5 nitrogen and oxygen atoms in total. The minimum atomic E-state index is -0.217. The van der Waals surface area contributed by atoms with Crippen molar-refractivity contribution in [2.45, 2.75) is 12.8 Å². The van der Waals surface area contributed by atoms with Crippen LogP contribution < -0.4 is 4.74 Å². The Hall–Kier alpha value is -4.43. The molecule has 1 aliphatic heterocycles. The lowest BCUT2D eigenvalue weighted by atomic mass is 9.88. The van der Waals surface area contributed by atoms with E-state index in [4.69, 9.17) is 9.84 Å². The second-order valence-electron chi connectivity index (χ2n) is 7.84. The van der Waals surface area contributed by atoms with Crippen LogP contribution in [-0.4, -0.2) is 22.8 Å². The molecule has 0 saturated carbocycles. The van der Waals surface area contributed by atoms with Crippen LogP contribution in [0.4, 0.5) is 0 Å². The summed E-state index contributed by atoms with van der Waals surface area (Å²) in [4.78, 5) is 13.8. The van der Waals surface area contributed by atoms with Gasteiger partial charge in [-0.2, -0.15) is 15.0 Å². The van der Waals surface area contributed by atoms with E-state index in [1.807, 2.05) is 84.9 Å². The van der Waals surface area contributed by atoms with Crippen molar-refractivity contribution in [2.24, 2.45) is 0 Å². The van der Waals surface area contributed by atoms with Crippen LogP contribution in [0.5, 0.6) is 5.75 Å². The monoisotopic (exact) mass is 431 g/mol. The van der Waals surface area contributed by atoms with Crippen LogP contribution in [0.25, 0.3) is 28.0 Å². The standard InChI is InChI=1S/C28H21N3O2/c1-33-23-14-12-20(13-15-23)25-22(16-17-29)18-24-26(19-8-4-2-5-9-19)27(30-31(24)28(25)32)21-10-6-3-7-11-21/h2-15H,16,18H2,1H3. The summed E-state index contributed by atoms with van der Waals surface area (Å²) in [6.07, 6.45) is 0.651. The van der Waals surface area contributed by atoms with Gasteiger partial charge in [0.05, 0.1) is 25.3 Å². The molecule has 0 amide bonds. The highest BCUT2D eigenvalue weighted by molar-refractivity contribution is 6.23. The molecule has 160 valence electrons. The maximum atomic E-state index is 13.8. The molecule has 2 heterocycles. The number of benzene rings is 3. The van der Waals surface area contributed by atoms with Gasteiger partial charge in [0.1, 0.15) is 11.4 Å². The number of hydrogen-bond acceptors (Lipinski definition) is 4. The van der Waals surface area contributed by atoms with Gasteiger partial charge in [-0.25, -0.2) is 0 Å². The van der Waals surface area contributed by atoms with Crippen LogP contribution in [0.15, 0.2) is 90.5 Å². The van der Waals surface area contributed by atoms with Crippen LogP contribution in [0.2, 0.25) is 0 Å². The molecule has 3 aromatic carbocycles. The molecule has 0 bridgehead atoms. The van der Waals surface area contributed by atoms with E-state index >= 15 is 0 Å². The molecule has 0 saturated heterocycles. The quantitative estimate of drug-likeness (QED) is 0.401. The fourth-order valence-electron chi connectivity index (χ4n) is 4.37. The molecule has 0 atom stereocenters. The zero-order chi connectivity index (χ0) is 22.8. The average molecular weight is 431 g/mol. The zero-order valence-corrected chi connectivity index (χ0v) is 18.2. The number of carbonyl (C=O) groups is 1. The molecule has 0 unspecified atom stereocenters. The molecule has 0 radical (unpaired) electrons. The second-order valence-corrected chi connectivity index (χ2v) is 7.84. The smallest absolute Gasteiger partial charge is 0.279 e. The third-order valence-electron chi connectivity index (χ3n) is 5.90. The SMILES string of the molecule is COc1ccc(C2=C(CC#N)Cc3c(-c4ccccc4)c(-c4ccccc4)nn3C2=O)cc1. The van der Waals surface area contributed by atoms with Gasteiger partial charge in [0.15, 0.2) is 0 Å². The van der Waals surface area contributed by atoms with Crippen molar-refractivity contribution in [1.82, 2.24) is 9.78 Å². The van der Waals surface area contributed by atoms with Gasteiger partial charge < -0.3 is 4.74 Å². The first-order chi connectivity index (χ1) is 16.2. The third-order valence-corrected chi connectivity index (χ3v) is 5.90. The Kier molecular flexibility index (Phi) is 5.34. The Morgan fingerprint density at radius 1 is 0.909 bits per heavy atom. The van der Waals surface area contributed by atoms with E-state index in [0.29, 0.717) is 17.7 Å². The Morgan fingerprint density at radius 3 is 2.15 bits per heavy atom. The van der Waals surface area contributed by atoms with Crippen molar-refractivity contribution in [3.05, 3.63) is 102 Å². The molecular formula is C28H21N3O2. The van der Waals surface area contributed by atoms with Crippen LogP contribution in [0, 0.1) is 11.3 Å². The summed E-state index contributed by atoms with van der Waals surface area (Å²) >= 11 is 0. The third kappa shape index (κ3) is 3.62. The molecule has 4 aromatic rings. The van der Waals surface area contributed by atoms with E-state index in [1.165, 1.54) is 4.68 Å². The highest BCUT2D eigenvalue weighted by Crippen LogP contribution is 2.40. The van der Waals surface area contributed by atoms with Gasteiger partial charge in [-0.3, -0.25) is 4.79 Å². The highest BCUT2D eigenvalue weighted by Gasteiger charge is 2.32. The molecule has 0 fully saturated rings. The van der Waals surface area contributed by atoms with E-state index in [9.17, 15) is 10.1 Å². The molecule has 1 aromatic heterocycles. The molecule has 0 spiro atoms. The lowest BCUT2D eigenvalue weighted by Crippen LogP contribution is -2.24. The number of fused-ring (bicyclic) bond motifs is 1. The van der Waals surface area contributed by atoms with Crippen molar-refractivity contribution in [2.75, 3.05) is 7.11 Å². The summed E-state index contributed by atoms with van der Waals surface area (Å²) < 4.78 is 6.78. The van der Waals surface area contributed by atoms with Crippen molar-refractivity contribution >= 4 is 11.5 Å². The van der Waals surface area contributed by atoms with Crippen molar-refractivity contribution in [1.29, 1.82) is 5.26 Å². The predicted octanol–water partition coefficient (Wildman–Crippen LogP) is 5.79. The zero-order valence-electron chi connectivity index (χ0n) is 18.2. The summed E-state index contributed by atoms with van der Waals surface area (Å²) in [6, 6.07) is 29.5. The van der Waals surface area contributed by atoms with Gasteiger partial charge in [-0.1, -0.05) is 72.8 Å². The molecule has 33 heavy (non-hydrogen) atoms. The summed E-state index contributed by atoms with van der Waals surface area (Å²) in [7, 11) is 1.60. The molecule has 5 heteroatoms. The van der Waals surface area contributed by atoms with E-state index in [-0.39, 0.29) is 12.3 Å². The molecular weight excluding hydrogens is 410 g/mol. The van der Waals surface area contributed by atoms with Crippen molar-refractivity contribution in [3.63, 3.8) is 0 Å². The Morgan fingerprint density at radius 2 is 1.55 bits per heavy atom. The maximum Gasteiger partial charge on any atom is 0.279 e. The number of nitriles is 1. The lowest BCUT2D eigenvalue weighted by Gasteiger charge is -2.21. The number of ether oxygens (including phenoxy) is 1. The highest BCUT2D eigenvalue weighted by atomic mass is 16.5. The van der Waals surface area contributed by atoms with Crippen molar-refractivity contribution in [3.8, 4) is 34.2 Å². The van der Waals surface area contributed by atoms with Gasteiger partial charge in [-0.15, -0.1) is 0 Å². The molecule has 0 aliphatic carbocycles. The molecule has 0 N–H and O–H groups in total. The fraction of sp³-hybridized carbons (Fsp3) is 0.107. The molecule has 5 rings (SSSR count). The largest absolute Gasteiger partial charge is 0.497 e. The van der Waals surface area contributed by atoms with Gasteiger partial charge in [0, 0.05) is 23.1 Å². The first-order valence-corrected chi connectivity index (χ1v) is 10.7. The summed E-state index contributed by atoms with van der Waals surface area (Å²) in [5.74, 6) is 0.493. The second kappa shape index (κ2) is 8.60. The minimum Gasteiger partial charge on any atom is -0.497 e. The molecule has 1 aliphatic rings. The van der Waals surface area contributed by atoms with Gasteiger partial charge in [-0.05, 0) is 28.8 Å². The maximum absolute atomic E-state index is 13.8. The topological polar surface area (TPSA) is 67.9 Å². The Bertz CT molecular complexity index is 1390. The number of carbonyl (C=O) groups excluding carboxylic acids is 1. The Labute approximate surface area is 192 Å². The lowest BCUT2D eigenvalue weighted by molar-refractivity contribution is 0.0958. The average Bonchev–Trinajstić information content (AvgIpc) is 3.25.